The van der Waals surface area contributed by atoms with Gasteiger partial charge in [-0.2, -0.15) is 0 Å². The van der Waals surface area contributed by atoms with Crippen LogP contribution in [0.15, 0.2) is 18.2 Å². The van der Waals surface area contributed by atoms with E-state index in [0.717, 1.165) is 0 Å². The zero-order valence-corrected chi connectivity index (χ0v) is 18.3. The van der Waals surface area contributed by atoms with Crippen LogP contribution in [0.25, 0.3) is 0 Å². The van der Waals surface area contributed by atoms with E-state index in [1.54, 1.807) is 32.9 Å². The standard InChI is InChI=1S/C21H30N4O8/c26-18(27)6-2-5-17(21(32)33)25-9-7-23(13-19(28)29)11-15-3-1-4-16(22-15)12-24(8-10-25)14-20(30)31/h1,3-4,17H,2,5-14H2,(H,26,27)(H,28,29)(H,30,31)(H,32,33). The SMILES string of the molecule is O=C(O)CCCC(C(=O)O)N1CCN(CC(=O)O)Cc2cccc(n2)CN(CC(=O)O)CC1. The molecule has 1 atom stereocenters. The molecule has 12 heteroatoms. The molecule has 1 aromatic heterocycles. The normalized spacial score (nSPS) is 17.5. The summed E-state index contributed by atoms with van der Waals surface area (Å²) >= 11 is 0. The van der Waals surface area contributed by atoms with E-state index in [9.17, 15) is 34.5 Å². The van der Waals surface area contributed by atoms with Crippen molar-refractivity contribution in [2.75, 3.05) is 39.3 Å². The zero-order valence-electron chi connectivity index (χ0n) is 18.3. The number of rotatable bonds is 10. The highest BCUT2D eigenvalue weighted by molar-refractivity contribution is 5.73. The summed E-state index contributed by atoms with van der Waals surface area (Å²) in [5.74, 6) is -4.15. The lowest BCUT2D eigenvalue weighted by molar-refractivity contribution is -0.145. The van der Waals surface area contributed by atoms with Crippen molar-refractivity contribution in [2.45, 2.75) is 38.4 Å². The maximum atomic E-state index is 12.0. The molecule has 2 heterocycles. The molecule has 182 valence electrons. The molecule has 0 saturated carbocycles. The molecule has 2 bridgehead atoms. The van der Waals surface area contributed by atoms with Gasteiger partial charge in [0, 0.05) is 45.7 Å². The fourth-order valence-electron chi connectivity index (χ4n) is 3.85. The molecule has 33 heavy (non-hydrogen) atoms. The predicted octanol–water partition coefficient (Wildman–Crippen LogP) is -0.121. The first-order chi connectivity index (χ1) is 15.6. The van der Waals surface area contributed by atoms with Crippen LogP contribution in [-0.2, 0) is 32.3 Å². The van der Waals surface area contributed by atoms with Crippen LogP contribution < -0.4 is 0 Å². The van der Waals surface area contributed by atoms with Crippen molar-refractivity contribution < 1.29 is 39.6 Å². The number of carbonyl (C=O) groups is 4. The van der Waals surface area contributed by atoms with E-state index in [-0.39, 0.29) is 71.6 Å². The fourth-order valence-corrected chi connectivity index (χ4v) is 3.85. The average Bonchev–Trinajstić information content (AvgIpc) is 2.70. The summed E-state index contributed by atoms with van der Waals surface area (Å²) < 4.78 is 0. The summed E-state index contributed by atoms with van der Waals surface area (Å²) in [4.78, 5) is 55.1. The Balaban J connectivity index is 2.30. The molecular formula is C21H30N4O8. The molecule has 4 N–H and O–H groups in total. The van der Waals surface area contributed by atoms with Crippen molar-refractivity contribution in [3.63, 3.8) is 0 Å². The second-order valence-electron chi connectivity index (χ2n) is 8.01. The highest BCUT2D eigenvalue weighted by Gasteiger charge is 2.27. The minimum atomic E-state index is -1.10. The van der Waals surface area contributed by atoms with Crippen LogP contribution in [-0.4, -0.2) is 109 Å². The van der Waals surface area contributed by atoms with E-state index in [2.05, 4.69) is 4.98 Å². The van der Waals surface area contributed by atoms with Crippen molar-refractivity contribution >= 4 is 23.9 Å². The summed E-state index contributed by atoms with van der Waals surface area (Å²) in [6.45, 7) is 0.923. The second-order valence-corrected chi connectivity index (χ2v) is 8.01. The molecule has 0 radical (unpaired) electrons. The zero-order chi connectivity index (χ0) is 24.4. The molecule has 12 nitrogen and oxygen atoms in total. The van der Waals surface area contributed by atoms with Crippen LogP contribution >= 0.6 is 0 Å². The van der Waals surface area contributed by atoms with Crippen LogP contribution in [0.1, 0.15) is 30.7 Å². The molecule has 2 rings (SSSR count). The van der Waals surface area contributed by atoms with Gasteiger partial charge in [0.05, 0.1) is 24.5 Å². The summed E-state index contributed by atoms with van der Waals surface area (Å²) in [6.07, 6.45) is 0.128. The fraction of sp³-hybridized carbons (Fsp3) is 0.571. The van der Waals surface area contributed by atoms with Gasteiger partial charge in [-0.1, -0.05) is 6.07 Å². The largest absolute Gasteiger partial charge is 0.481 e. The molecule has 1 unspecified atom stereocenters. The van der Waals surface area contributed by atoms with Crippen molar-refractivity contribution in [3.05, 3.63) is 29.6 Å². The molecule has 1 aliphatic rings. The van der Waals surface area contributed by atoms with Gasteiger partial charge in [-0.15, -0.1) is 0 Å². The third-order valence-corrected chi connectivity index (χ3v) is 5.35. The molecule has 0 saturated heterocycles. The second kappa shape index (κ2) is 12.8. The Hall–Kier alpha value is -3.09. The topological polar surface area (TPSA) is 172 Å². The van der Waals surface area contributed by atoms with Gasteiger partial charge in [-0.3, -0.25) is 38.9 Å². The molecule has 0 aromatic carbocycles. The van der Waals surface area contributed by atoms with E-state index in [0.29, 0.717) is 11.4 Å². The van der Waals surface area contributed by atoms with Crippen LogP contribution in [0, 0.1) is 0 Å². The smallest absolute Gasteiger partial charge is 0.320 e. The van der Waals surface area contributed by atoms with Crippen LogP contribution in [0.3, 0.4) is 0 Å². The maximum absolute atomic E-state index is 12.0. The molecule has 0 aliphatic carbocycles. The first-order valence-corrected chi connectivity index (χ1v) is 10.7. The number of hydrogen-bond donors (Lipinski definition) is 4. The quantitative estimate of drug-likeness (QED) is 0.361. The average molecular weight is 466 g/mol. The summed E-state index contributed by atoms with van der Waals surface area (Å²) in [5, 5.41) is 37.3. The third kappa shape index (κ3) is 9.51. The number of aliphatic carboxylic acids is 4. The molecular weight excluding hydrogens is 436 g/mol. The van der Waals surface area contributed by atoms with Gasteiger partial charge in [0.1, 0.15) is 6.04 Å². The Morgan fingerprint density at radius 1 is 0.818 bits per heavy atom. The summed E-state index contributed by atoms with van der Waals surface area (Å²) in [5.41, 5.74) is 1.26. The Labute approximate surface area is 191 Å². The number of fused-ring (bicyclic) bond motifs is 2. The van der Waals surface area contributed by atoms with Crippen LogP contribution in [0.2, 0.25) is 0 Å². The summed E-state index contributed by atoms with van der Waals surface area (Å²) in [6, 6.07) is 4.34. The third-order valence-electron chi connectivity index (χ3n) is 5.35. The monoisotopic (exact) mass is 466 g/mol. The van der Waals surface area contributed by atoms with Crippen molar-refractivity contribution in [1.29, 1.82) is 0 Å². The highest BCUT2D eigenvalue weighted by atomic mass is 16.4. The van der Waals surface area contributed by atoms with E-state index in [4.69, 9.17) is 5.11 Å². The van der Waals surface area contributed by atoms with Gasteiger partial charge < -0.3 is 20.4 Å². The molecule has 0 fully saturated rings. The minimum Gasteiger partial charge on any atom is -0.481 e. The Kier molecular flexibility index (Phi) is 10.2. The van der Waals surface area contributed by atoms with E-state index in [1.807, 2.05) is 0 Å². The van der Waals surface area contributed by atoms with Crippen LogP contribution in [0.4, 0.5) is 0 Å². The van der Waals surface area contributed by atoms with Crippen molar-refractivity contribution in [3.8, 4) is 0 Å². The van der Waals surface area contributed by atoms with E-state index >= 15 is 0 Å². The number of hydrogen-bond acceptors (Lipinski definition) is 8. The molecule has 1 aromatic rings. The summed E-state index contributed by atoms with van der Waals surface area (Å²) in [7, 11) is 0. The van der Waals surface area contributed by atoms with E-state index < -0.39 is 29.9 Å². The number of pyridine rings is 1. The Morgan fingerprint density at radius 2 is 1.33 bits per heavy atom. The molecule has 1 aliphatic heterocycles. The Bertz CT molecular complexity index is 804. The maximum Gasteiger partial charge on any atom is 0.320 e. The van der Waals surface area contributed by atoms with Crippen molar-refractivity contribution in [1.82, 2.24) is 19.7 Å². The van der Waals surface area contributed by atoms with Crippen LogP contribution in [0.5, 0.6) is 0 Å². The number of carboxylic acids is 4. The first kappa shape index (κ1) is 26.2. The minimum absolute atomic E-state index is 0.111. The number of aromatic nitrogens is 1. The number of nitrogens with zero attached hydrogens (tertiary/aromatic N) is 4. The van der Waals surface area contributed by atoms with Gasteiger partial charge >= 0.3 is 23.9 Å². The first-order valence-electron chi connectivity index (χ1n) is 10.7. The lowest BCUT2D eigenvalue weighted by atomic mass is 10.1. The number of carboxylic acid groups (broad SMARTS) is 4. The van der Waals surface area contributed by atoms with E-state index in [1.165, 1.54) is 0 Å². The van der Waals surface area contributed by atoms with Gasteiger partial charge in [0.25, 0.3) is 0 Å². The highest BCUT2D eigenvalue weighted by Crippen LogP contribution is 2.14. The lowest BCUT2D eigenvalue weighted by Crippen LogP contribution is -2.49. The van der Waals surface area contributed by atoms with Gasteiger partial charge in [-0.05, 0) is 25.0 Å². The van der Waals surface area contributed by atoms with Gasteiger partial charge in [-0.25, -0.2) is 0 Å². The predicted molar refractivity (Wildman–Crippen MR) is 115 cm³/mol. The Morgan fingerprint density at radius 3 is 1.76 bits per heavy atom. The molecule has 0 amide bonds. The van der Waals surface area contributed by atoms with Gasteiger partial charge in [0.2, 0.25) is 0 Å². The lowest BCUT2D eigenvalue weighted by Gasteiger charge is -2.33. The van der Waals surface area contributed by atoms with Gasteiger partial charge in [0.15, 0.2) is 0 Å². The van der Waals surface area contributed by atoms with Crippen molar-refractivity contribution in [2.24, 2.45) is 0 Å². The molecule has 0 spiro atoms.